The number of aromatic nitrogens is 3. The van der Waals surface area contributed by atoms with E-state index in [-0.39, 0.29) is 29.1 Å². The molecule has 7 heteroatoms. The molecule has 6 nitrogen and oxygen atoms in total. The van der Waals surface area contributed by atoms with Crippen molar-refractivity contribution in [3.8, 4) is 0 Å². The molecule has 2 aliphatic heterocycles. The minimum Gasteiger partial charge on any atom is -0.345 e. The van der Waals surface area contributed by atoms with Gasteiger partial charge in [-0.15, -0.1) is 0 Å². The maximum atomic E-state index is 13.2. The number of rotatable bonds is 4. The lowest BCUT2D eigenvalue weighted by molar-refractivity contribution is -0.124. The monoisotopic (exact) mass is 369 g/mol. The number of nitrogens with one attached hydrogen (secondary N) is 1. The SMILES string of the molecule is O=C(N[C@H]1c2ncnn2CC[C@]12CCN(Cc1ccc(F)cc1)C2)C1CC1. The van der Waals surface area contributed by atoms with Gasteiger partial charge in [-0.3, -0.25) is 9.69 Å². The van der Waals surface area contributed by atoms with Crippen LogP contribution in [-0.4, -0.2) is 38.7 Å². The molecule has 5 rings (SSSR count). The van der Waals surface area contributed by atoms with E-state index in [1.54, 1.807) is 6.33 Å². The Labute approximate surface area is 157 Å². The Balaban J connectivity index is 1.36. The molecule has 0 radical (unpaired) electrons. The van der Waals surface area contributed by atoms with Gasteiger partial charge in [0.25, 0.3) is 0 Å². The summed E-state index contributed by atoms with van der Waals surface area (Å²) in [5.41, 5.74) is 1.11. The number of carbonyl (C=O) groups excluding carboxylic acids is 1. The molecule has 0 bridgehead atoms. The summed E-state index contributed by atoms with van der Waals surface area (Å²) >= 11 is 0. The Kier molecular flexibility index (Phi) is 4.00. The highest BCUT2D eigenvalue weighted by atomic mass is 19.1. The summed E-state index contributed by atoms with van der Waals surface area (Å²) in [6.07, 6.45) is 5.59. The summed E-state index contributed by atoms with van der Waals surface area (Å²) in [6.45, 7) is 3.53. The van der Waals surface area contributed by atoms with Gasteiger partial charge in [-0.05, 0) is 49.9 Å². The maximum absolute atomic E-state index is 13.2. The minimum atomic E-state index is -0.203. The van der Waals surface area contributed by atoms with Crippen LogP contribution in [0.2, 0.25) is 0 Å². The van der Waals surface area contributed by atoms with Crippen molar-refractivity contribution < 1.29 is 9.18 Å². The second kappa shape index (κ2) is 6.41. The van der Waals surface area contributed by atoms with Gasteiger partial charge < -0.3 is 5.32 Å². The van der Waals surface area contributed by atoms with Crippen LogP contribution in [0.3, 0.4) is 0 Å². The van der Waals surface area contributed by atoms with Crippen LogP contribution >= 0.6 is 0 Å². The molecule has 142 valence electrons. The molecule has 2 atom stereocenters. The molecule has 3 aliphatic rings. The predicted molar refractivity (Wildman–Crippen MR) is 97.0 cm³/mol. The van der Waals surface area contributed by atoms with E-state index in [0.29, 0.717) is 0 Å². The van der Waals surface area contributed by atoms with Crippen molar-refractivity contribution in [1.82, 2.24) is 25.0 Å². The Morgan fingerprint density at radius 1 is 1.22 bits per heavy atom. The molecule has 1 aromatic carbocycles. The van der Waals surface area contributed by atoms with E-state index in [2.05, 4.69) is 20.3 Å². The first-order valence-electron chi connectivity index (χ1n) is 9.78. The molecule has 1 spiro atoms. The first-order chi connectivity index (χ1) is 13.1. The summed E-state index contributed by atoms with van der Waals surface area (Å²) in [5, 5.41) is 7.64. The second-order valence-corrected chi connectivity index (χ2v) is 8.26. The second-order valence-electron chi connectivity index (χ2n) is 8.26. The van der Waals surface area contributed by atoms with E-state index in [1.807, 2.05) is 16.8 Å². The van der Waals surface area contributed by atoms with Gasteiger partial charge in [-0.2, -0.15) is 5.10 Å². The average Bonchev–Trinajstić information content (AvgIpc) is 3.28. The molecule has 2 fully saturated rings. The summed E-state index contributed by atoms with van der Waals surface area (Å²) in [5.74, 6) is 1.02. The smallest absolute Gasteiger partial charge is 0.223 e. The maximum Gasteiger partial charge on any atom is 0.223 e. The van der Waals surface area contributed by atoms with E-state index < -0.39 is 0 Å². The number of halogens is 1. The Hall–Kier alpha value is -2.28. The van der Waals surface area contributed by atoms with E-state index in [9.17, 15) is 9.18 Å². The molecule has 1 saturated heterocycles. The molecule has 27 heavy (non-hydrogen) atoms. The van der Waals surface area contributed by atoms with Crippen LogP contribution in [0.5, 0.6) is 0 Å². The van der Waals surface area contributed by atoms with Gasteiger partial charge in [0.2, 0.25) is 5.91 Å². The Morgan fingerprint density at radius 3 is 2.78 bits per heavy atom. The molecule has 3 heterocycles. The lowest BCUT2D eigenvalue weighted by Gasteiger charge is -2.41. The van der Waals surface area contributed by atoms with Crippen molar-refractivity contribution in [2.45, 2.75) is 44.8 Å². The van der Waals surface area contributed by atoms with Gasteiger partial charge >= 0.3 is 0 Å². The van der Waals surface area contributed by atoms with Crippen LogP contribution in [-0.2, 0) is 17.9 Å². The number of aryl methyl sites for hydroxylation is 1. The Morgan fingerprint density at radius 2 is 2.00 bits per heavy atom. The molecule has 1 aromatic heterocycles. The van der Waals surface area contributed by atoms with E-state index in [1.165, 1.54) is 12.1 Å². The fourth-order valence-corrected chi connectivity index (χ4v) is 4.65. The molecular formula is C20H24FN5O. The van der Waals surface area contributed by atoms with Gasteiger partial charge in [0.1, 0.15) is 18.0 Å². The molecule has 2 aromatic rings. The third kappa shape index (κ3) is 3.14. The number of carbonyl (C=O) groups is 1. The summed E-state index contributed by atoms with van der Waals surface area (Å²) in [7, 11) is 0. The number of nitrogens with zero attached hydrogens (tertiary/aromatic N) is 4. The summed E-state index contributed by atoms with van der Waals surface area (Å²) in [6, 6.07) is 6.65. The van der Waals surface area contributed by atoms with Crippen molar-refractivity contribution in [2.75, 3.05) is 13.1 Å². The minimum absolute atomic E-state index is 0.00634. The average molecular weight is 369 g/mol. The first-order valence-corrected chi connectivity index (χ1v) is 9.78. The van der Waals surface area contributed by atoms with Crippen molar-refractivity contribution >= 4 is 5.91 Å². The van der Waals surface area contributed by atoms with Gasteiger partial charge in [0.15, 0.2) is 0 Å². The van der Waals surface area contributed by atoms with E-state index in [4.69, 9.17) is 0 Å². The quantitative estimate of drug-likeness (QED) is 0.898. The zero-order chi connectivity index (χ0) is 18.4. The summed E-state index contributed by atoms with van der Waals surface area (Å²) < 4.78 is 15.1. The van der Waals surface area contributed by atoms with Crippen molar-refractivity contribution in [3.05, 3.63) is 47.8 Å². The molecule has 1 amide bonds. The van der Waals surface area contributed by atoms with Crippen molar-refractivity contribution in [1.29, 1.82) is 0 Å². The predicted octanol–water partition coefficient (Wildman–Crippen LogP) is 2.28. The van der Waals surface area contributed by atoms with Gasteiger partial charge in [0.05, 0.1) is 6.04 Å². The zero-order valence-electron chi connectivity index (χ0n) is 15.3. The van der Waals surface area contributed by atoms with Gasteiger partial charge in [-0.25, -0.2) is 14.1 Å². The number of benzene rings is 1. The van der Waals surface area contributed by atoms with Crippen LogP contribution in [0.1, 0.15) is 43.1 Å². The number of likely N-dealkylation sites (tertiary alicyclic amines) is 1. The first kappa shape index (κ1) is 16.9. The van der Waals surface area contributed by atoms with Crippen LogP contribution in [0.15, 0.2) is 30.6 Å². The zero-order valence-corrected chi connectivity index (χ0v) is 15.3. The van der Waals surface area contributed by atoms with Crippen LogP contribution < -0.4 is 5.32 Å². The highest BCUT2D eigenvalue weighted by Gasteiger charge is 2.50. The normalized spacial score (nSPS) is 27.7. The molecule has 0 unspecified atom stereocenters. The number of hydrogen-bond donors (Lipinski definition) is 1. The number of amides is 1. The standard InChI is InChI=1S/C20H24FN5O/c21-16-5-1-14(2-6-16)11-25-9-7-20(12-25)8-10-26-18(22-13-23-26)17(20)24-19(27)15-3-4-15/h1-2,5-6,13,15,17H,3-4,7-12H2,(H,24,27)/t17-,20-/m0/s1. The number of fused-ring (bicyclic) bond motifs is 1. The highest BCUT2D eigenvalue weighted by molar-refractivity contribution is 5.81. The number of hydrogen-bond acceptors (Lipinski definition) is 4. The Bertz CT molecular complexity index is 846. The van der Waals surface area contributed by atoms with Crippen molar-refractivity contribution in [3.63, 3.8) is 0 Å². The fourth-order valence-electron chi connectivity index (χ4n) is 4.65. The van der Waals surface area contributed by atoms with Crippen molar-refractivity contribution in [2.24, 2.45) is 11.3 Å². The fraction of sp³-hybridized carbons (Fsp3) is 0.550. The topological polar surface area (TPSA) is 63.1 Å². The van der Waals surface area contributed by atoms with E-state index in [0.717, 1.165) is 63.3 Å². The lowest BCUT2D eigenvalue weighted by atomic mass is 9.74. The largest absolute Gasteiger partial charge is 0.345 e. The molecule has 1 N–H and O–H groups in total. The molecular weight excluding hydrogens is 345 g/mol. The summed E-state index contributed by atoms with van der Waals surface area (Å²) in [4.78, 5) is 19.4. The third-order valence-electron chi connectivity index (χ3n) is 6.36. The molecule has 1 aliphatic carbocycles. The van der Waals surface area contributed by atoms with E-state index >= 15 is 0 Å². The van der Waals surface area contributed by atoms with Crippen LogP contribution in [0, 0.1) is 17.2 Å². The van der Waals surface area contributed by atoms with Gasteiger partial charge in [-0.1, -0.05) is 12.1 Å². The van der Waals surface area contributed by atoms with Crippen LogP contribution in [0.25, 0.3) is 0 Å². The molecule has 1 saturated carbocycles. The lowest BCUT2D eigenvalue weighted by Crippen LogP contribution is -2.48. The van der Waals surface area contributed by atoms with Gasteiger partial charge in [0, 0.05) is 31.0 Å². The highest BCUT2D eigenvalue weighted by Crippen LogP contribution is 2.48. The van der Waals surface area contributed by atoms with Crippen LogP contribution in [0.4, 0.5) is 4.39 Å². The third-order valence-corrected chi connectivity index (χ3v) is 6.36.